The molecular formula is C100H116N2. The second kappa shape index (κ2) is 33.4. The molecule has 0 aromatic heterocycles. The SMILES string of the molecule is CCCCCCc1cc(-c2ccc(N(c3ccc(-c4ccc(C(C)(C)CC)cc4)cc3)c3ccc(-c4c(C)cc(CC(C)C)cc4C)cc3)cc2C)c(CCCCCC)cc1-c1ccc(N(c2ccc(-c3ccc(CC(C)C)cc3)cc2)c2ccc(-c3ccc(C(C)(C)CC)cc3)cc2)cc1C. The molecule has 2 nitrogen and oxygen atoms in total. The average molecular weight is 1350 g/mol. The van der Waals surface area contributed by atoms with E-state index in [0.29, 0.717) is 11.8 Å². The quantitative estimate of drug-likeness (QED) is 0.0414. The van der Waals surface area contributed by atoms with E-state index in [0.717, 1.165) is 85.5 Å². The molecule has 102 heavy (non-hydrogen) atoms. The van der Waals surface area contributed by atoms with Crippen LogP contribution in [0.3, 0.4) is 0 Å². The summed E-state index contributed by atoms with van der Waals surface area (Å²) in [5.41, 5.74) is 36.2. The molecular weight excluding hydrogens is 1230 g/mol. The van der Waals surface area contributed by atoms with Gasteiger partial charge < -0.3 is 9.80 Å². The van der Waals surface area contributed by atoms with Crippen molar-refractivity contribution < 1.29 is 0 Å². The van der Waals surface area contributed by atoms with Gasteiger partial charge in [0.05, 0.1) is 0 Å². The Labute approximate surface area is 616 Å². The number of hydrogen-bond acceptors (Lipinski definition) is 2. The second-order valence-electron chi connectivity index (χ2n) is 31.8. The van der Waals surface area contributed by atoms with Crippen molar-refractivity contribution in [3.8, 4) is 66.8 Å². The fourth-order valence-corrected chi connectivity index (χ4v) is 15.4. The summed E-state index contributed by atoms with van der Waals surface area (Å²) in [5, 5.41) is 0. The highest BCUT2D eigenvalue weighted by atomic mass is 15.1. The van der Waals surface area contributed by atoms with E-state index in [9.17, 15) is 0 Å². The summed E-state index contributed by atoms with van der Waals surface area (Å²) in [7, 11) is 0. The molecule has 0 unspecified atom stereocenters. The molecule has 0 fully saturated rings. The monoisotopic (exact) mass is 1340 g/mol. The van der Waals surface area contributed by atoms with Gasteiger partial charge in [0.15, 0.2) is 0 Å². The third-order valence-electron chi connectivity index (χ3n) is 22.2. The van der Waals surface area contributed by atoms with Crippen molar-refractivity contribution in [1.29, 1.82) is 0 Å². The van der Waals surface area contributed by atoms with Crippen LogP contribution in [0.1, 0.15) is 203 Å². The lowest BCUT2D eigenvalue weighted by atomic mass is 9.82. The predicted octanol–water partition coefficient (Wildman–Crippen LogP) is 29.9. The summed E-state index contributed by atoms with van der Waals surface area (Å²) in [4.78, 5) is 4.92. The fourth-order valence-electron chi connectivity index (χ4n) is 15.4. The van der Waals surface area contributed by atoms with Crippen molar-refractivity contribution in [1.82, 2.24) is 0 Å². The van der Waals surface area contributed by atoms with Crippen LogP contribution in [0.25, 0.3) is 66.8 Å². The number of benzene rings is 11. The van der Waals surface area contributed by atoms with Gasteiger partial charge in [-0.2, -0.15) is 0 Å². The zero-order valence-electron chi connectivity index (χ0n) is 64.9. The highest BCUT2D eigenvalue weighted by molar-refractivity contribution is 5.87. The summed E-state index contributed by atoms with van der Waals surface area (Å²) < 4.78 is 0. The van der Waals surface area contributed by atoms with Crippen molar-refractivity contribution >= 4 is 34.1 Å². The van der Waals surface area contributed by atoms with Crippen molar-refractivity contribution in [3.63, 3.8) is 0 Å². The third kappa shape index (κ3) is 17.5. The molecule has 2 heteroatoms. The van der Waals surface area contributed by atoms with E-state index in [-0.39, 0.29) is 10.8 Å². The first-order valence-corrected chi connectivity index (χ1v) is 39.0. The van der Waals surface area contributed by atoms with Gasteiger partial charge in [-0.05, 0) is 297 Å². The van der Waals surface area contributed by atoms with Gasteiger partial charge in [0.1, 0.15) is 0 Å². The standard InChI is InChI=1S/C100H116N2/c1-17-21-23-25-27-84-68-97(95-60-58-93(66-72(95)10)102(90-53-41-82(42-54-90)79-35-47-87(48-36-79)100(15,16)20-4)91-55-43-83(44-56-91)98-73(11)63-76(62-70(7)8)64-74(98)12)85(28-26-24-22-18-2)67-96(84)94-59-57-92(65-71(94)9)101(88-49-37-80(38-50-88)77-31-29-75(30-32-77)61-69(5)6)89-51-39-81(40-52-89)78-33-45-86(46-34-78)99(13,14)19-3/h29-60,63-70H,17-28,61-62H2,1-16H3. The first kappa shape index (κ1) is 74.2. The Bertz CT molecular complexity index is 4520. The summed E-state index contributed by atoms with van der Waals surface area (Å²) in [6, 6.07) is 89.4. The van der Waals surface area contributed by atoms with Crippen molar-refractivity contribution in [3.05, 3.63) is 286 Å². The maximum absolute atomic E-state index is 2.63. The minimum atomic E-state index is 0.140. The zero-order chi connectivity index (χ0) is 72.2. The first-order chi connectivity index (χ1) is 49.1. The van der Waals surface area contributed by atoms with Crippen LogP contribution in [-0.2, 0) is 36.5 Å². The van der Waals surface area contributed by atoms with Gasteiger partial charge in [-0.1, -0.05) is 279 Å². The van der Waals surface area contributed by atoms with Gasteiger partial charge in [-0.3, -0.25) is 0 Å². The van der Waals surface area contributed by atoms with Crippen LogP contribution >= 0.6 is 0 Å². The van der Waals surface area contributed by atoms with Crippen LogP contribution in [0.5, 0.6) is 0 Å². The molecule has 11 aromatic carbocycles. The first-order valence-electron chi connectivity index (χ1n) is 39.0. The van der Waals surface area contributed by atoms with Gasteiger partial charge in [0.25, 0.3) is 0 Å². The molecule has 0 bridgehead atoms. The lowest BCUT2D eigenvalue weighted by Crippen LogP contribution is -2.14. The van der Waals surface area contributed by atoms with E-state index in [1.54, 1.807) is 0 Å². The molecule has 0 spiro atoms. The molecule has 0 saturated carbocycles. The Morgan fingerprint density at radius 2 is 0.588 bits per heavy atom. The van der Waals surface area contributed by atoms with E-state index in [2.05, 4.69) is 351 Å². The van der Waals surface area contributed by atoms with Crippen LogP contribution in [-0.4, -0.2) is 0 Å². The van der Waals surface area contributed by atoms with Crippen molar-refractivity contribution in [2.75, 3.05) is 9.80 Å². The molecule has 0 aliphatic heterocycles. The Balaban J connectivity index is 0.982. The van der Waals surface area contributed by atoms with E-state index < -0.39 is 0 Å². The van der Waals surface area contributed by atoms with Crippen LogP contribution < -0.4 is 9.80 Å². The minimum Gasteiger partial charge on any atom is -0.310 e. The lowest BCUT2D eigenvalue weighted by Gasteiger charge is -2.28. The Morgan fingerprint density at radius 3 is 0.902 bits per heavy atom. The Kier molecular flexibility index (Phi) is 24.3. The number of nitrogens with zero attached hydrogens (tertiary/aromatic N) is 2. The average Bonchev–Trinajstić information content (AvgIpc) is 0.770. The topological polar surface area (TPSA) is 6.48 Å². The van der Waals surface area contributed by atoms with Gasteiger partial charge in [0.2, 0.25) is 0 Å². The smallest absolute Gasteiger partial charge is 0.0464 e. The Hall–Kier alpha value is -8.98. The molecule has 0 amide bonds. The highest BCUT2D eigenvalue weighted by Crippen LogP contribution is 2.45. The highest BCUT2D eigenvalue weighted by Gasteiger charge is 2.24. The summed E-state index contributed by atoms with van der Waals surface area (Å²) in [6.07, 6.45) is 16.1. The predicted molar refractivity (Wildman–Crippen MR) is 447 cm³/mol. The van der Waals surface area contributed by atoms with Crippen molar-refractivity contribution in [2.45, 2.75) is 212 Å². The normalized spacial score (nSPS) is 11.9. The molecule has 0 aliphatic carbocycles. The fraction of sp³-hybridized carbons (Fsp3) is 0.340. The molecule has 0 aliphatic rings. The van der Waals surface area contributed by atoms with E-state index in [4.69, 9.17) is 0 Å². The number of anilines is 6. The molecule has 0 saturated heterocycles. The molecule has 526 valence electrons. The maximum atomic E-state index is 2.63. The third-order valence-corrected chi connectivity index (χ3v) is 22.2. The number of aryl methyl sites for hydroxylation is 6. The van der Waals surface area contributed by atoms with Gasteiger partial charge in [-0.25, -0.2) is 0 Å². The number of rotatable bonds is 30. The van der Waals surface area contributed by atoms with Crippen LogP contribution in [0.15, 0.2) is 231 Å². The van der Waals surface area contributed by atoms with Crippen molar-refractivity contribution in [2.24, 2.45) is 11.8 Å². The van der Waals surface area contributed by atoms with E-state index >= 15 is 0 Å². The number of hydrogen-bond donors (Lipinski definition) is 0. The molecule has 11 aromatic rings. The molecule has 0 heterocycles. The largest absolute Gasteiger partial charge is 0.310 e. The molecule has 11 rings (SSSR count). The van der Waals surface area contributed by atoms with Crippen LogP contribution in [0, 0.1) is 39.5 Å². The summed E-state index contributed by atoms with van der Waals surface area (Å²) in [5.74, 6) is 1.24. The molecule has 0 atom stereocenters. The van der Waals surface area contributed by atoms with E-state index in [1.165, 1.54) is 161 Å². The zero-order valence-corrected chi connectivity index (χ0v) is 64.9. The molecule has 0 radical (unpaired) electrons. The molecule has 0 N–H and O–H groups in total. The summed E-state index contributed by atoms with van der Waals surface area (Å²) >= 11 is 0. The van der Waals surface area contributed by atoms with E-state index in [1.807, 2.05) is 0 Å². The minimum absolute atomic E-state index is 0.140. The summed E-state index contributed by atoms with van der Waals surface area (Å²) in [6.45, 7) is 37.0. The van der Waals surface area contributed by atoms with Gasteiger partial charge >= 0.3 is 0 Å². The Morgan fingerprint density at radius 1 is 0.284 bits per heavy atom. The van der Waals surface area contributed by atoms with Crippen LogP contribution in [0.4, 0.5) is 34.1 Å². The lowest BCUT2D eigenvalue weighted by molar-refractivity contribution is 0.506. The number of unbranched alkanes of at least 4 members (excludes halogenated alkanes) is 6. The van der Waals surface area contributed by atoms with Gasteiger partial charge in [0, 0.05) is 34.1 Å². The maximum Gasteiger partial charge on any atom is 0.0464 e. The second-order valence-corrected chi connectivity index (χ2v) is 31.8. The van der Waals surface area contributed by atoms with Crippen LogP contribution in [0.2, 0.25) is 0 Å². The van der Waals surface area contributed by atoms with Gasteiger partial charge in [-0.15, -0.1) is 0 Å².